The molecule has 0 spiro atoms. The molecule has 4 heteroatoms. The summed E-state index contributed by atoms with van der Waals surface area (Å²) in [7, 11) is 2.00. The number of carbonyl (C=O) groups excluding carboxylic acids is 1. The number of nitrogens with zero attached hydrogens (tertiary/aromatic N) is 1. The van der Waals surface area contributed by atoms with Gasteiger partial charge in [0.2, 0.25) is 0 Å². The van der Waals surface area contributed by atoms with E-state index in [0.29, 0.717) is 11.2 Å². The van der Waals surface area contributed by atoms with Crippen molar-refractivity contribution in [1.29, 1.82) is 0 Å². The van der Waals surface area contributed by atoms with E-state index in [1.165, 1.54) is 0 Å². The first-order valence-electron chi connectivity index (χ1n) is 6.86. The summed E-state index contributed by atoms with van der Waals surface area (Å²) in [5, 5.41) is 0. The zero-order valence-electron chi connectivity index (χ0n) is 11.8. The van der Waals surface area contributed by atoms with Crippen LogP contribution in [0.25, 0.3) is 0 Å². The second kappa shape index (κ2) is 5.31. The van der Waals surface area contributed by atoms with E-state index in [9.17, 15) is 4.79 Å². The van der Waals surface area contributed by atoms with E-state index in [-0.39, 0.29) is 5.97 Å². The molecule has 1 fully saturated rings. The average Bonchev–Trinajstić information content (AvgIpc) is 2.40. The first-order chi connectivity index (χ1) is 9.00. The van der Waals surface area contributed by atoms with E-state index >= 15 is 0 Å². The van der Waals surface area contributed by atoms with E-state index in [1.54, 1.807) is 0 Å². The van der Waals surface area contributed by atoms with Crippen LogP contribution in [-0.2, 0) is 14.9 Å². The van der Waals surface area contributed by atoms with E-state index in [1.807, 2.05) is 44.3 Å². The fourth-order valence-corrected chi connectivity index (χ4v) is 2.77. The molecule has 1 aromatic carbocycles. The van der Waals surface area contributed by atoms with Gasteiger partial charge >= 0.3 is 5.97 Å². The van der Waals surface area contributed by atoms with Crippen LogP contribution in [0.15, 0.2) is 30.3 Å². The van der Waals surface area contributed by atoms with Crippen molar-refractivity contribution >= 4 is 5.97 Å². The van der Waals surface area contributed by atoms with Gasteiger partial charge in [0.05, 0.1) is 26.7 Å². The lowest BCUT2D eigenvalue weighted by molar-refractivity contribution is -0.926. The second-order valence-electron chi connectivity index (χ2n) is 5.60. The lowest BCUT2D eigenvalue weighted by Gasteiger charge is -2.42. The molecule has 0 radical (unpaired) electrons. The summed E-state index contributed by atoms with van der Waals surface area (Å²) in [6, 6.07) is 9.95. The number of hydrogen-bond donors (Lipinski definition) is 1. The molecule has 0 unspecified atom stereocenters. The zero-order chi connectivity index (χ0) is 13.9. The Kier molecular flexibility index (Phi) is 3.92. The van der Waals surface area contributed by atoms with Crippen molar-refractivity contribution in [1.82, 2.24) is 0 Å². The molecule has 1 heterocycles. The molecule has 19 heavy (non-hydrogen) atoms. The molecule has 4 nitrogen and oxygen atoms in total. The second-order valence-corrected chi connectivity index (χ2v) is 5.60. The van der Waals surface area contributed by atoms with E-state index in [4.69, 9.17) is 10.6 Å². The van der Waals surface area contributed by atoms with Gasteiger partial charge in [-0.3, -0.25) is 9.39 Å². The van der Waals surface area contributed by atoms with E-state index in [0.717, 1.165) is 31.5 Å². The van der Waals surface area contributed by atoms with E-state index in [2.05, 4.69) is 0 Å². The Balaban J connectivity index is 2.33. The summed E-state index contributed by atoms with van der Waals surface area (Å²) < 4.78 is 5.80. The standard InChI is InChI=1S/C15H23N2O2/c1-3-19-14(18)15(13-7-5-4-6-8-13)9-11-17(2,16)12-10-15/h4-8H,3,9-12,16H2,1-2H3/q+1. The van der Waals surface area contributed by atoms with Crippen LogP contribution in [0, 0.1) is 0 Å². The van der Waals surface area contributed by atoms with Gasteiger partial charge in [-0.15, -0.1) is 0 Å². The number of hydrogen-bond acceptors (Lipinski definition) is 3. The van der Waals surface area contributed by atoms with Gasteiger partial charge in [-0.2, -0.15) is 5.84 Å². The highest BCUT2D eigenvalue weighted by Crippen LogP contribution is 2.37. The first-order valence-corrected chi connectivity index (χ1v) is 6.86. The van der Waals surface area contributed by atoms with Crippen LogP contribution in [-0.4, -0.2) is 37.3 Å². The van der Waals surface area contributed by atoms with Gasteiger partial charge in [-0.05, 0) is 12.5 Å². The van der Waals surface area contributed by atoms with Gasteiger partial charge in [0.15, 0.2) is 0 Å². The Bertz CT molecular complexity index is 433. The molecular formula is C15H23N2O2+. The molecule has 104 valence electrons. The van der Waals surface area contributed by atoms with Crippen molar-refractivity contribution < 1.29 is 14.1 Å². The highest BCUT2D eigenvalue weighted by Gasteiger charge is 2.47. The van der Waals surface area contributed by atoms with Crippen LogP contribution < -0.4 is 5.84 Å². The molecule has 0 bridgehead atoms. The summed E-state index contributed by atoms with van der Waals surface area (Å²) in [6.45, 7) is 3.84. The maximum absolute atomic E-state index is 12.5. The zero-order valence-corrected chi connectivity index (χ0v) is 11.8. The number of esters is 1. The number of benzene rings is 1. The number of rotatable bonds is 3. The number of ether oxygens (including phenoxy) is 1. The molecule has 1 aliphatic heterocycles. The summed E-state index contributed by atoms with van der Waals surface area (Å²) in [5.41, 5.74) is 0.530. The minimum atomic E-state index is -0.519. The molecule has 2 rings (SSSR count). The SMILES string of the molecule is CCOC(=O)C1(c2ccccc2)CC[N+](C)(N)CC1. The third-order valence-corrected chi connectivity index (χ3v) is 4.09. The third kappa shape index (κ3) is 2.80. The van der Waals surface area contributed by atoms with Crippen molar-refractivity contribution in [2.45, 2.75) is 25.2 Å². The largest absolute Gasteiger partial charge is 0.465 e. The smallest absolute Gasteiger partial charge is 0.317 e. The van der Waals surface area contributed by atoms with Crippen molar-refractivity contribution in [3.8, 4) is 0 Å². The lowest BCUT2D eigenvalue weighted by Crippen LogP contribution is -2.60. The molecule has 0 amide bonds. The maximum atomic E-state index is 12.5. The topological polar surface area (TPSA) is 52.3 Å². The summed E-state index contributed by atoms with van der Waals surface area (Å²) in [5.74, 6) is 6.03. The molecule has 0 atom stereocenters. The fraction of sp³-hybridized carbons (Fsp3) is 0.533. The predicted molar refractivity (Wildman–Crippen MR) is 74.1 cm³/mol. The van der Waals surface area contributed by atoms with Crippen molar-refractivity contribution in [2.24, 2.45) is 5.84 Å². The van der Waals surface area contributed by atoms with Crippen LogP contribution in [0.2, 0.25) is 0 Å². The Morgan fingerprint density at radius 3 is 2.42 bits per heavy atom. The molecule has 0 aliphatic carbocycles. The van der Waals surface area contributed by atoms with Gasteiger partial charge in [-0.25, -0.2) is 0 Å². The van der Waals surface area contributed by atoms with Crippen LogP contribution in [0.5, 0.6) is 0 Å². The molecule has 1 saturated heterocycles. The van der Waals surface area contributed by atoms with Crippen molar-refractivity contribution in [3.63, 3.8) is 0 Å². The normalized spacial score (nSPS) is 30.9. The quantitative estimate of drug-likeness (QED) is 0.512. The fourth-order valence-electron chi connectivity index (χ4n) is 2.77. The van der Waals surface area contributed by atoms with Crippen LogP contribution in [0.1, 0.15) is 25.3 Å². The van der Waals surface area contributed by atoms with Gasteiger partial charge < -0.3 is 4.74 Å². The highest BCUT2D eigenvalue weighted by molar-refractivity contribution is 5.83. The summed E-state index contributed by atoms with van der Waals surface area (Å²) in [6.07, 6.45) is 1.48. The number of nitrogens with two attached hydrogens (primary N) is 1. The Labute approximate surface area is 114 Å². The van der Waals surface area contributed by atoms with Gasteiger partial charge in [0.25, 0.3) is 0 Å². The molecular weight excluding hydrogens is 240 g/mol. The molecule has 0 aromatic heterocycles. The number of piperidine rings is 1. The molecule has 1 aliphatic rings. The van der Waals surface area contributed by atoms with E-state index < -0.39 is 5.41 Å². The lowest BCUT2D eigenvalue weighted by atomic mass is 9.72. The Morgan fingerprint density at radius 2 is 1.89 bits per heavy atom. The van der Waals surface area contributed by atoms with Crippen molar-refractivity contribution in [3.05, 3.63) is 35.9 Å². The molecule has 1 aromatic rings. The predicted octanol–water partition coefficient (Wildman–Crippen LogP) is 1.60. The maximum Gasteiger partial charge on any atom is 0.317 e. The average molecular weight is 263 g/mol. The van der Waals surface area contributed by atoms with Gasteiger partial charge in [-0.1, -0.05) is 30.3 Å². The summed E-state index contributed by atoms with van der Waals surface area (Å²) in [4.78, 5) is 12.5. The number of carbonyl (C=O) groups is 1. The summed E-state index contributed by atoms with van der Waals surface area (Å²) >= 11 is 0. The van der Waals surface area contributed by atoms with Crippen LogP contribution in [0.3, 0.4) is 0 Å². The Morgan fingerprint density at radius 1 is 1.32 bits per heavy atom. The van der Waals surface area contributed by atoms with Crippen LogP contribution in [0.4, 0.5) is 0 Å². The van der Waals surface area contributed by atoms with Gasteiger partial charge in [0.1, 0.15) is 5.41 Å². The highest BCUT2D eigenvalue weighted by atomic mass is 16.5. The number of quaternary nitrogens is 1. The molecule has 0 saturated carbocycles. The Hall–Kier alpha value is -1.39. The monoisotopic (exact) mass is 263 g/mol. The minimum absolute atomic E-state index is 0.110. The minimum Gasteiger partial charge on any atom is -0.465 e. The first kappa shape index (κ1) is 14.0. The molecule has 2 N–H and O–H groups in total. The third-order valence-electron chi connectivity index (χ3n) is 4.09. The number of likely N-dealkylation sites (tertiary alicyclic amines) is 1. The van der Waals surface area contributed by atoms with Crippen LogP contribution >= 0.6 is 0 Å². The van der Waals surface area contributed by atoms with Crippen molar-refractivity contribution in [2.75, 3.05) is 26.7 Å². The van der Waals surface area contributed by atoms with Gasteiger partial charge in [0, 0.05) is 12.8 Å².